The molecule has 0 unspecified atom stereocenters. The number of benzene rings is 1. The van der Waals surface area contributed by atoms with E-state index in [0.29, 0.717) is 5.69 Å². The number of thioether (sulfide) groups is 1. The second-order valence-electron chi connectivity index (χ2n) is 5.81. The summed E-state index contributed by atoms with van der Waals surface area (Å²) in [6.07, 6.45) is 0. The van der Waals surface area contributed by atoms with E-state index in [2.05, 4.69) is 0 Å². The molecule has 0 aliphatic carbocycles. The van der Waals surface area contributed by atoms with Crippen molar-refractivity contribution in [1.82, 2.24) is 0 Å². The maximum atomic E-state index is 12.5. The lowest BCUT2D eigenvalue weighted by Gasteiger charge is -2.25. The van der Waals surface area contributed by atoms with Gasteiger partial charge in [0.05, 0.1) is 11.4 Å². The van der Waals surface area contributed by atoms with Gasteiger partial charge in [0.25, 0.3) is 0 Å². The largest absolute Gasteiger partial charge is 0.480 e. The van der Waals surface area contributed by atoms with Gasteiger partial charge in [-0.25, -0.2) is 0 Å². The van der Waals surface area contributed by atoms with Gasteiger partial charge in [-0.2, -0.15) is 0 Å². The van der Waals surface area contributed by atoms with Crippen LogP contribution in [0.3, 0.4) is 0 Å². The molecule has 0 saturated carbocycles. The van der Waals surface area contributed by atoms with Crippen molar-refractivity contribution >= 4 is 34.4 Å². The third kappa shape index (κ3) is 5.10. The number of aryl methyl sites for hydroxylation is 2. The van der Waals surface area contributed by atoms with E-state index in [1.54, 1.807) is 13.8 Å². The highest BCUT2D eigenvalue weighted by molar-refractivity contribution is 8.14. The van der Waals surface area contributed by atoms with E-state index >= 15 is 0 Å². The maximum Gasteiger partial charge on any atom is 0.323 e. The Kier molecular flexibility index (Phi) is 6.81. The van der Waals surface area contributed by atoms with Crippen LogP contribution in [0.15, 0.2) is 12.1 Å². The Balaban J connectivity index is 3.11. The Labute approximate surface area is 141 Å². The minimum Gasteiger partial charge on any atom is -0.480 e. The topological polar surface area (TPSA) is 74.7 Å². The molecular weight excluding hydrogens is 314 g/mol. The Morgan fingerprint density at radius 1 is 1.13 bits per heavy atom. The number of nitrogens with zero attached hydrogens (tertiary/aromatic N) is 1. The predicted molar refractivity (Wildman–Crippen MR) is 92.9 cm³/mol. The fraction of sp³-hybridized carbons (Fsp3) is 0.471. The van der Waals surface area contributed by atoms with Crippen molar-refractivity contribution < 1.29 is 19.5 Å². The van der Waals surface area contributed by atoms with Crippen molar-refractivity contribution in [3.8, 4) is 0 Å². The molecule has 6 heteroatoms. The molecule has 1 aromatic rings. The van der Waals surface area contributed by atoms with E-state index in [9.17, 15) is 14.4 Å². The van der Waals surface area contributed by atoms with Crippen LogP contribution in [-0.2, 0) is 14.4 Å². The molecule has 0 radical (unpaired) electrons. The van der Waals surface area contributed by atoms with E-state index in [0.717, 1.165) is 28.5 Å². The van der Waals surface area contributed by atoms with Crippen LogP contribution in [-0.4, -0.2) is 34.4 Å². The molecule has 126 valence electrons. The van der Waals surface area contributed by atoms with Gasteiger partial charge in [0, 0.05) is 5.92 Å². The molecule has 1 amide bonds. The molecule has 1 aromatic carbocycles. The molecule has 0 atom stereocenters. The van der Waals surface area contributed by atoms with Crippen molar-refractivity contribution in [2.45, 2.75) is 34.6 Å². The third-order valence-corrected chi connectivity index (χ3v) is 4.72. The zero-order valence-electron chi connectivity index (χ0n) is 14.2. The summed E-state index contributed by atoms with van der Waals surface area (Å²) in [5, 5.41) is 9.07. The van der Waals surface area contributed by atoms with Gasteiger partial charge < -0.3 is 5.11 Å². The first kappa shape index (κ1) is 19.2. The Morgan fingerprint density at radius 3 is 2.22 bits per heavy atom. The zero-order chi connectivity index (χ0) is 17.7. The average Bonchev–Trinajstić information content (AvgIpc) is 2.47. The lowest BCUT2D eigenvalue weighted by atomic mass is 10.0. The number of anilines is 1. The number of hydrogen-bond acceptors (Lipinski definition) is 4. The van der Waals surface area contributed by atoms with Gasteiger partial charge in [0.15, 0.2) is 5.12 Å². The SMILES string of the molecule is Cc1ccc(C)c(N(CC(=O)O)C(=O)CSC(=O)C(C)C)c1C. The van der Waals surface area contributed by atoms with Crippen molar-refractivity contribution in [2.24, 2.45) is 5.92 Å². The normalized spacial score (nSPS) is 10.7. The predicted octanol–water partition coefficient (Wildman–Crippen LogP) is 2.95. The monoisotopic (exact) mass is 337 g/mol. The lowest BCUT2D eigenvalue weighted by molar-refractivity contribution is -0.136. The molecule has 0 aromatic heterocycles. The molecule has 0 aliphatic rings. The number of carbonyl (C=O) groups excluding carboxylic acids is 2. The summed E-state index contributed by atoms with van der Waals surface area (Å²) in [5.41, 5.74) is 3.32. The van der Waals surface area contributed by atoms with Crippen LogP contribution in [0.25, 0.3) is 0 Å². The quantitative estimate of drug-likeness (QED) is 0.864. The number of aliphatic carboxylic acids is 1. The van der Waals surface area contributed by atoms with Crippen LogP contribution in [0.5, 0.6) is 0 Å². The van der Waals surface area contributed by atoms with Crippen molar-refractivity contribution in [3.05, 3.63) is 28.8 Å². The summed E-state index contributed by atoms with van der Waals surface area (Å²) < 4.78 is 0. The third-order valence-electron chi connectivity index (χ3n) is 3.58. The van der Waals surface area contributed by atoms with E-state index in [4.69, 9.17) is 5.11 Å². The molecule has 0 saturated heterocycles. The summed E-state index contributed by atoms with van der Waals surface area (Å²) in [4.78, 5) is 36.6. The molecule has 0 bridgehead atoms. The highest BCUT2D eigenvalue weighted by Crippen LogP contribution is 2.28. The molecular formula is C17H23NO4S. The Bertz CT molecular complexity index is 625. The molecule has 0 fully saturated rings. The number of amides is 1. The van der Waals surface area contributed by atoms with Gasteiger partial charge >= 0.3 is 5.97 Å². The van der Waals surface area contributed by atoms with Gasteiger partial charge in [-0.3, -0.25) is 19.3 Å². The molecule has 0 aliphatic heterocycles. The molecule has 23 heavy (non-hydrogen) atoms. The fourth-order valence-corrected chi connectivity index (χ4v) is 2.91. The molecule has 0 heterocycles. The van der Waals surface area contributed by atoms with E-state index in [1.165, 1.54) is 4.90 Å². The summed E-state index contributed by atoms with van der Waals surface area (Å²) in [5.74, 6) is -1.68. The van der Waals surface area contributed by atoms with Crippen molar-refractivity contribution in [2.75, 3.05) is 17.2 Å². The van der Waals surface area contributed by atoms with Gasteiger partial charge in [0.1, 0.15) is 6.54 Å². The second kappa shape index (κ2) is 8.15. The number of carboxylic acid groups (broad SMARTS) is 1. The van der Waals surface area contributed by atoms with Gasteiger partial charge in [-0.1, -0.05) is 37.7 Å². The molecule has 5 nitrogen and oxygen atoms in total. The average molecular weight is 337 g/mol. The number of carbonyl (C=O) groups is 3. The van der Waals surface area contributed by atoms with Gasteiger partial charge in [-0.05, 0) is 37.5 Å². The van der Waals surface area contributed by atoms with Crippen LogP contribution < -0.4 is 4.90 Å². The second-order valence-corrected chi connectivity index (χ2v) is 6.79. The molecule has 0 spiro atoms. The van der Waals surface area contributed by atoms with Gasteiger partial charge in [0.2, 0.25) is 5.91 Å². The molecule has 1 rings (SSSR count). The first-order valence-electron chi connectivity index (χ1n) is 7.40. The highest BCUT2D eigenvalue weighted by atomic mass is 32.2. The first-order chi connectivity index (χ1) is 10.6. The number of carboxylic acids is 1. The minimum absolute atomic E-state index is 0.0584. The summed E-state index contributed by atoms with van der Waals surface area (Å²) in [6, 6.07) is 3.81. The Morgan fingerprint density at radius 2 is 1.70 bits per heavy atom. The van der Waals surface area contributed by atoms with E-state index in [1.807, 2.05) is 32.9 Å². The summed E-state index contributed by atoms with van der Waals surface area (Å²) in [7, 11) is 0. The zero-order valence-corrected chi connectivity index (χ0v) is 15.0. The van der Waals surface area contributed by atoms with Crippen LogP contribution in [0.1, 0.15) is 30.5 Å². The van der Waals surface area contributed by atoms with Crippen molar-refractivity contribution in [1.29, 1.82) is 0 Å². The Hall–Kier alpha value is -1.82. The van der Waals surface area contributed by atoms with Crippen molar-refractivity contribution in [3.63, 3.8) is 0 Å². The standard InChI is InChI=1S/C17H23NO4S/c1-10(2)17(22)23-9-14(19)18(8-15(20)21)16-12(4)7-6-11(3)13(16)5/h6-7,10H,8-9H2,1-5H3,(H,20,21). The molecule has 1 N–H and O–H groups in total. The maximum absolute atomic E-state index is 12.5. The van der Waals surface area contributed by atoms with Crippen LogP contribution in [0.2, 0.25) is 0 Å². The van der Waals surface area contributed by atoms with Crippen LogP contribution in [0.4, 0.5) is 5.69 Å². The van der Waals surface area contributed by atoms with Crippen LogP contribution >= 0.6 is 11.8 Å². The van der Waals surface area contributed by atoms with Gasteiger partial charge in [-0.15, -0.1) is 0 Å². The number of rotatable bonds is 6. The lowest BCUT2D eigenvalue weighted by Crippen LogP contribution is -2.38. The van der Waals surface area contributed by atoms with E-state index < -0.39 is 12.5 Å². The summed E-state index contributed by atoms with van der Waals surface area (Å²) >= 11 is 0.936. The summed E-state index contributed by atoms with van der Waals surface area (Å²) in [6.45, 7) is 8.75. The fourth-order valence-electron chi connectivity index (χ4n) is 2.16. The smallest absolute Gasteiger partial charge is 0.323 e. The van der Waals surface area contributed by atoms with E-state index in [-0.39, 0.29) is 22.7 Å². The first-order valence-corrected chi connectivity index (χ1v) is 8.39. The highest BCUT2D eigenvalue weighted by Gasteiger charge is 2.24. The number of hydrogen-bond donors (Lipinski definition) is 1. The van der Waals surface area contributed by atoms with Crippen LogP contribution in [0, 0.1) is 26.7 Å². The minimum atomic E-state index is -1.08.